The smallest absolute Gasteiger partial charge is 0.347 e. The van der Waals surface area contributed by atoms with Gasteiger partial charge in [0.2, 0.25) is 11.8 Å². The first kappa shape index (κ1) is 19.2. The van der Waals surface area contributed by atoms with E-state index in [0.29, 0.717) is 45.6 Å². The largest absolute Gasteiger partial charge is 0.416 e. The molecule has 1 aromatic rings. The normalized spacial score (nSPS) is 26.3. The highest BCUT2D eigenvalue weighted by Gasteiger charge is 2.51. The van der Waals surface area contributed by atoms with Crippen LogP contribution < -0.4 is 5.32 Å². The second-order valence-electron chi connectivity index (χ2n) is 7.45. The van der Waals surface area contributed by atoms with Crippen molar-refractivity contribution in [1.82, 2.24) is 4.90 Å². The molecular formula is C19H21F3N2O4. The number of carbonyl (C=O) groups excluding carboxylic acids is 2. The van der Waals surface area contributed by atoms with Crippen molar-refractivity contribution in [3.05, 3.63) is 29.8 Å². The summed E-state index contributed by atoms with van der Waals surface area (Å²) in [7, 11) is 0. The molecule has 0 aromatic heterocycles. The molecule has 9 heteroatoms. The predicted octanol–water partition coefficient (Wildman–Crippen LogP) is 2.65. The zero-order valence-electron chi connectivity index (χ0n) is 15.1. The number of likely N-dealkylation sites (tertiary alicyclic amines) is 1. The summed E-state index contributed by atoms with van der Waals surface area (Å²) in [4.78, 5) is 26.7. The maximum atomic E-state index is 12.6. The summed E-state index contributed by atoms with van der Waals surface area (Å²) in [5.74, 6) is -1.76. The fourth-order valence-electron chi connectivity index (χ4n) is 3.82. The van der Waals surface area contributed by atoms with Gasteiger partial charge in [0.1, 0.15) is 0 Å². The highest BCUT2D eigenvalue weighted by Crippen LogP contribution is 2.42. The van der Waals surface area contributed by atoms with Crippen molar-refractivity contribution in [2.75, 3.05) is 31.6 Å². The van der Waals surface area contributed by atoms with E-state index in [4.69, 9.17) is 9.47 Å². The fraction of sp³-hybridized carbons (Fsp3) is 0.579. The first-order valence-corrected chi connectivity index (χ1v) is 9.32. The Hall–Kier alpha value is -2.13. The zero-order valence-corrected chi connectivity index (χ0v) is 15.1. The van der Waals surface area contributed by atoms with Gasteiger partial charge in [-0.15, -0.1) is 0 Å². The SMILES string of the molecule is O=C(Nc1ccc(C(F)(F)F)cc1)C1CC1C(=O)N1CCC2(CC1)OCCO2. The van der Waals surface area contributed by atoms with Crippen LogP contribution in [0.25, 0.3) is 0 Å². The third kappa shape index (κ3) is 3.86. The number of nitrogens with one attached hydrogen (secondary N) is 1. The van der Waals surface area contributed by atoms with Crippen LogP contribution in [-0.4, -0.2) is 48.8 Å². The van der Waals surface area contributed by atoms with Crippen molar-refractivity contribution in [1.29, 1.82) is 0 Å². The van der Waals surface area contributed by atoms with Crippen molar-refractivity contribution in [3.63, 3.8) is 0 Å². The van der Waals surface area contributed by atoms with Gasteiger partial charge in [-0.05, 0) is 30.7 Å². The van der Waals surface area contributed by atoms with Crippen LogP contribution in [0.1, 0.15) is 24.8 Å². The Morgan fingerprint density at radius 2 is 1.64 bits per heavy atom. The third-order valence-electron chi connectivity index (χ3n) is 5.57. The summed E-state index contributed by atoms with van der Waals surface area (Å²) in [5.41, 5.74) is -0.491. The lowest BCUT2D eigenvalue weighted by Crippen LogP contribution is -2.48. The Bertz CT molecular complexity index is 749. The molecule has 6 nitrogen and oxygen atoms in total. The molecule has 2 unspecified atom stereocenters. The number of benzene rings is 1. The average molecular weight is 398 g/mol. The molecule has 1 N–H and O–H groups in total. The first-order valence-electron chi connectivity index (χ1n) is 9.32. The minimum atomic E-state index is -4.42. The van der Waals surface area contributed by atoms with Crippen LogP contribution in [0.4, 0.5) is 18.9 Å². The van der Waals surface area contributed by atoms with E-state index in [1.54, 1.807) is 4.90 Å². The van der Waals surface area contributed by atoms with Crippen LogP contribution in [0.15, 0.2) is 24.3 Å². The lowest BCUT2D eigenvalue weighted by molar-refractivity contribution is -0.187. The molecule has 1 saturated carbocycles. The number of alkyl halides is 3. The van der Waals surface area contributed by atoms with E-state index in [2.05, 4.69) is 5.32 Å². The molecule has 28 heavy (non-hydrogen) atoms. The highest BCUT2D eigenvalue weighted by molar-refractivity contribution is 5.99. The molecule has 0 radical (unpaired) electrons. The maximum absolute atomic E-state index is 12.6. The van der Waals surface area contributed by atoms with Crippen molar-refractivity contribution in [3.8, 4) is 0 Å². The summed E-state index contributed by atoms with van der Waals surface area (Å²) >= 11 is 0. The minimum absolute atomic E-state index is 0.0552. The van der Waals surface area contributed by atoms with Gasteiger partial charge in [0, 0.05) is 31.6 Å². The predicted molar refractivity (Wildman–Crippen MR) is 92.1 cm³/mol. The van der Waals surface area contributed by atoms with Crippen LogP contribution in [0.2, 0.25) is 0 Å². The number of piperidine rings is 1. The summed E-state index contributed by atoms with van der Waals surface area (Å²) in [6, 6.07) is 4.26. The Balaban J connectivity index is 1.28. The molecular weight excluding hydrogens is 377 g/mol. The van der Waals surface area contributed by atoms with Crippen LogP contribution in [0, 0.1) is 11.8 Å². The molecule has 2 aliphatic heterocycles. The molecule has 0 bridgehead atoms. The Kier molecular flexibility index (Phi) is 4.83. The van der Waals surface area contributed by atoms with Gasteiger partial charge < -0.3 is 19.7 Å². The first-order chi connectivity index (χ1) is 13.3. The Labute approximate surface area is 160 Å². The standard InChI is InChI=1S/C19H21F3N2O4/c20-19(21,22)12-1-3-13(4-2-12)23-16(25)14-11-15(14)17(26)24-7-5-18(6-8-24)27-9-10-28-18/h1-4,14-15H,5-11H2,(H,23,25). The second kappa shape index (κ2) is 7.04. The van der Waals surface area contributed by atoms with E-state index >= 15 is 0 Å². The van der Waals surface area contributed by atoms with Crippen LogP contribution in [-0.2, 0) is 25.2 Å². The van der Waals surface area contributed by atoms with Gasteiger partial charge in [-0.25, -0.2) is 0 Å². The van der Waals surface area contributed by atoms with Gasteiger partial charge in [-0.3, -0.25) is 9.59 Å². The number of amides is 2. The van der Waals surface area contributed by atoms with Gasteiger partial charge in [0.05, 0.1) is 30.6 Å². The van der Waals surface area contributed by atoms with E-state index < -0.39 is 23.4 Å². The van der Waals surface area contributed by atoms with E-state index in [1.165, 1.54) is 12.1 Å². The molecule has 1 aromatic carbocycles. The molecule has 152 valence electrons. The van der Waals surface area contributed by atoms with E-state index in [-0.39, 0.29) is 23.4 Å². The fourth-order valence-corrected chi connectivity index (χ4v) is 3.82. The summed E-state index contributed by atoms with van der Waals surface area (Å²) in [6.45, 7) is 2.21. The molecule has 3 fully saturated rings. The number of carbonyl (C=O) groups is 2. The third-order valence-corrected chi connectivity index (χ3v) is 5.57. The molecule has 3 aliphatic rings. The maximum Gasteiger partial charge on any atom is 0.416 e. The van der Waals surface area contributed by atoms with E-state index in [9.17, 15) is 22.8 Å². The van der Waals surface area contributed by atoms with Gasteiger partial charge in [0.25, 0.3) is 0 Å². The molecule has 2 atom stereocenters. The molecule has 1 spiro atoms. The van der Waals surface area contributed by atoms with Crippen molar-refractivity contribution in [2.24, 2.45) is 11.8 Å². The average Bonchev–Trinajstić information content (AvgIpc) is 3.35. The summed E-state index contributed by atoms with van der Waals surface area (Å²) in [6.07, 6.45) is -2.72. The number of nitrogens with zero attached hydrogens (tertiary/aromatic N) is 1. The summed E-state index contributed by atoms with van der Waals surface area (Å²) < 4.78 is 49.1. The van der Waals surface area contributed by atoms with E-state index in [0.717, 1.165) is 12.1 Å². The summed E-state index contributed by atoms with van der Waals surface area (Å²) in [5, 5.41) is 2.59. The molecule has 2 saturated heterocycles. The molecule has 2 heterocycles. The number of ether oxygens (including phenoxy) is 2. The Morgan fingerprint density at radius 3 is 2.21 bits per heavy atom. The highest BCUT2D eigenvalue weighted by atomic mass is 19.4. The van der Waals surface area contributed by atoms with Gasteiger partial charge >= 0.3 is 6.18 Å². The number of hydrogen-bond donors (Lipinski definition) is 1. The molecule has 1 aliphatic carbocycles. The van der Waals surface area contributed by atoms with E-state index in [1.807, 2.05) is 0 Å². The number of rotatable bonds is 3. The number of hydrogen-bond acceptors (Lipinski definition) is 4. The van der Waals surface area contributed by atoms with Crippen molar-refractivity contribution in [2.45, 2.75) is 31.2 Å². The lowest BCUT2D eigenvalue weighted by Gasteiger charge is -2.37. The van der Waals surface area contributed by atoms with Crippen molar-refractivity contribution < 1.29 is 32.2 Å². The van der Waals surface area contributed by atoms with Gasteiger partial charge in [-0.2, -0.15) is 13.2 Å². The van der Waals surface area contributed by atoms with Crippen molar-refractivity contribution >= 4 is 17.5 Å². The lowest BCUT2D eigenvalue weighted by atomic mass is 10.0. The molecule has 4 rings (SSSR count). The number of anilines is 1. The minimum Gasteiger partial charge on any atom is -0.347 e. The quantitative estimate of drug-likeness (QED) is 0.850. The van der Waals surface area contributed by atoms with Crippen LogP contribution in [0.3, 0.4) is 0 Å². The van der Waals surface area contributed by atoms with Crippen LogP contribution in [0.5, 0.6) is 0 Å². The zero-order chi connectivity index (χ0) is 19.9. The number of halogens is 3. The van der Waals surface area contributed by atoms with Gasteiger partial charge in [-0.1, -0.05) is 0 Å². The van der Waals surface area contributed by atoms with Gasteiger partial charge in [0.15, 0.2) is 5.79 Å². The molecule has 2 amide bonds. The topological polar surface area (TPSA) is 67.9 Å². The monoisotopic (exact) mass is 398 g/mol. The Morgan fingerprint density at radius 1 is 1.04 bits per heavy atom. The van der Waals surface area contributed by atoms with Crippen LogP contribution >= 0.6 is 0 Å². The second-order valence-corrected chi connectivity index (χ2v) is 7.45.